The fraction of sp³-hybridized carbons (Fsp3) is 0.176. The maximum Gasteiger partial charge on any atom is 0.271 e. The summed E-state index contributed by atoms with van der Waals surface area (Å²) in [6, 6.07) is 11.3. The number of hydrazine groups is 1. The largest absolute Gasteiger partial charge is 0.493 e. The minimum atomic E-state index is -0.507. The number of benzene rings is 2. The average Bonchev–Trinajstić information content (AvgIpc) is 2.60. The number of carbonyl (C=O) groups excluding carboxylic acids is 2. The SMILES string of the molecule is CCOc1cc(C(=O)NNC(=O)c2ccccc2Cl)ccc1OC. The van der Waals surface area contributed by atoms with E-state index >= 15 is 0 Å². The topological polar surface area (TPSA) is 76.7 Å². The molecule has 0 aliphatic heterocycles. The molecule has 0 aliphatic carbocycles. The molecule has 6 nitrogen and oxygen atoms in total. The summed E-state index contributed by atoms with van der Waals surface area (Å²) in [5.74, 6) is -0.0231. The van der Waals surface area contributed by atoms with Crippen LogP contribution in [0.5, 0.6) is 11.5 Å². The van der Waals surface area contributed by atoms with Gasteiger partial charge in [-0.3, -0.25) is 20.4 Å². The maximum absolute atomic E-state index is 12.2. The summed E-state index contributed by atoms with van der Waals surface area (Å²) in [5, 5.41) is 0.298. The monoisotopic (exact) mass is 348 g/mol. The van der Waals surface area contributed by atoms with E-state index in [9.17, 15) is 9.59 Å². The second kappa shape index (κ2) is 8.21. The molecule has 2 aromatic rings. The number of carbonyl (C=O) groups is 2. The van der Waals surface area contributed by atoms with Gasteiger partial charge in [-0.2, -0.15) is 0 Å². The smallest absolute Gasteiger partial charge is 0.271 e. The van der Waals surface area contributed by atoms with Gasteiger partial charge in [0.05, 0.1) is 24.3 Å². The van der Waals surface area contributed by atoms with Crippen LogP contribution in [0.15, 0.2) is 42.5 Å². The molecule has 0 saturated carbocycles. The lowest BCUT2D eigenvalue weighted by Gasteiger charge is -2.12. The first-order valence-electron chi connectivity index (χ1n) is 7.22. The van der Waals surface area contributed by atoms with Crippen molar-refractivity contribution in [1.29, 1.82) is 0 Å². The van der Waals surface area contributed by atoms with Crippen LogP contribution in [0.1, 0.15) is 27.6 Å². The van der Waals surface area contributed by atoms with Crippen molar-refractivity contribution in [3.05, 3.63) is 58.6 Å². The Morgan fingerprint density at radius 3 is 2.42 bits per heavy atom. The lowest BCUT2D eigenvalue weighted by molar-refractivity contribution is 0.0846. The first-order chi connectivity index (χ1) is 11.6. The summed E-state index contributed by atoms with van der Waals surface area (Å²) in [6.45, 7) is 2.26. The second-order valence-electron chi connectivity index (χ2n) is 4.69. The van der Waals surface area contributed by atoms with E-state index in [-0.39, 0.29) is 5.56 Å². The van der Waals surface area contributed by atoms with Crippen molar-refractivity contribution in [3.8, 4) is 11.5 Å². The molecule has 7 heteroatoms. The molecule has 2 amide bonds. The Labute approximate surface area is 144 Å². The summed E-state index contributed by atoms with van der Waals surface area (Å²) in [6.07, 6.45) is 0. The fourth-order valence-corrected chi connectivity index (χ4v) is 2.21. The third kappa shape index (κ3) is 4.17. The van der Waals surface area contributed by atoms with Crippen molar-refractivity contribution in [2.24, 2.45) is 0 Å². The normalized spacial score (nSPS) is 9.96. The van der Waals surface area contributed by atoms with Crippen LogP contribution in [0.25, 0.3) is 0 Å². The number of amides is 2. The minimum Gasteiger partial charge on any atom is -0.493 e. The first-order valence-corrected chi connectivity index (χ1v) is 7.60. The van der Waals surface area contributed by atoms with Gasteiger partial charge in [-0.15, -0.1) is 0 Å². The number of hydrogen-bond acceptors (Lipinski definition) is 4. The zero-order valence-corrected chi connectivity index (χ0v) is 14.0. The highest BCUT2D eigenvalue weighted by Gasteiger charge is 2.13. The van der Waals surface area contributed by atoms with Gasteiger partial charge in [0.2, 0.25) is 0 Å². The fourth-order valence-electron chi connectivity index (χ4n) is 1.98. The van der Waals surface area contributed by atoms with Gasteiger partial charge in [0.1, 0.15) is 0 Å². The van der Waals surface area contributed by atoms with E-state index in [1.807, 2.05) is 6.92 Å². The molecule has 0 spiro atoms. The number of ether oxygens (including phenoxy) is 2. The molecule has 0 unspecified atom stereocenters. The molecule has 2 rings (SSSR count). The van der Waals surface area contributed by atoms with Crippen molar-refractivity contribution >= 4 is 23.4 Å². The average molecular weight is 349 g/mol. The van der Waals surface area contributed by atoms with Gasteiger partial charge in [-0.1, -0.05) is 23.7 Å². The molecule has 0 bridgehead atoms. The van der Waals surface area contributed by atoms with Gasteiger partial charge in [0, 0.05) is 5.56 Å². The standard InChI is InChI=1S/C17H17ClN2O4/c1-3-24-15-10-11(8-9-14(15)23-2)16(21)19-20-17(22)12-6-4-5-7-13(12)18/h4-10H,3H2,1-2H3,(H,19,21)(H,20,22). The molecule has 0 saturated heterocycles. The number of halogens is 1. The number of nitrogens with one attached hydrogen (secondary N) is 2. The Morgan fingerprint density at radius 2 is 1.75 bits per heavy atom. The van der Waals surface area contributed by atoms with Gasteiger partial charge in [0.25, 0.3) is 11.8 Å². The number of hydrogen-bond donors (Lipinski definition) is 2. The van der Waals surface area contributed by atoms with Crippen molar-refractivity contribution in [3.63, 3.8) is 0 Å². The Hall–Kier alpha value is -2.73. The van der Waals surface area contributed by atoms with Crippen molar-refractivity contribution in [1.82, 2.24) is 10.9 Å². The van der Waals surface area contributed by atoms with Gasteiger partial charge < -0.3 is 9.47 Å². The van der Waals surface area contributed by atoms with Crippen LogP contribution < -0.4 is 20.3 Å². The lowest BCUT2D eigenvalue weighted by atomic mass is 10.2. The molecule has 126 valence electrons. The molecule has 24 heavy (non-hydrogen) atoms. The second-order valence-corrected chi connectivity index (χ2v) is 5.09. The highest BCUT2D eigenvalue weighted by molar-refractivity contribution is 6.33. The predicted octanol–water partition coefficient (Wildman–Crippen LogP) is 2.82. The zero-order valence-electron chi connectivity index (χ0n) is 13.3. The molecule has 2 aromatic carbocycles. The Kier molecular flexibility index (Phi) is 6.03. The van der Waals surface area contributed by atoms with E-state index in [1.54, 1.807) is 42.5 Å². The van der Waals surface area contributed by atoms with Crippen molar-refractivity contribution < 1.29 is 19.1 Å². The molecule has 0 atom stereocenters. The predicted molar refractivity (Wildman–Crippen MR) is 90.5 cm³/mol. The lowest BCUT2D eigenvalue weighted by Crippen LogP contribution is -2.41. The third-order valence-electron chi connectivity index (χ3n) is 3.13. The van der Waals surface area contributed by atoms with E-state index in [0.29, 0.717) is 28.7 Å². The highest BCUT2D eigenvalue weighted by Crippen LogP contribution is 2.27. The van der Waals surface area contributed by atoms with E-state index in [0.717, 1.165) is 0 Å². The molecule has 0 aliphatic rings. The summed E-state index contributed by atoms with van der Waals surface area (Å²) in [5.41, 5.74) is 5.25. The molecular formula is C17H17ClN2O4. The van der Waals surface area contributed by atoms with Crippen LogP contribution in [0.4, 0.5) is 0 Å². The molecular weight excluding hydrogens is 332 g/mol. The molecule has 0 aromatic heterocycles. The van der Waals surface area contributed by atoms with Crippen LogP contribution in [-0.2, 0) is 0 Å². The van der Waals surface area contributed by atoms with Gasteiger partial charge >= 0.3 is 0 Å². The molecule has 0 fully saturated rings. The van der Waals surface area contributed by atoms with E-state index in [2.05, 4.69) is 10.9 Å². The highest BCUT2D eigenvalue weighted by atomic mass is 35.5. The van der Waals surface area contributed by atoms with Gasteiger partial charge in [-0.05, 0) is 37.3 Å². The van der Waals surface area contributed by atoms with Crippen molar-refractivity contribution in [2.75, 3.05) is 13.7 Å². The Balaban J connectivity index is 2.06. The Bertz CT molecular complexity index is 749. The molecule has 0 radical (unpaired) electrons. The molecule has 0 heterocycles. The molecule has 2 N–H and O–H groups in total. The van der Waals surface area contributed by atoms with Gasteiger partial charge in [-0.25, -0.2) is 0 Å². The maximum atomic E-state index is 12.2. The summed E-state index contributed by atoms with van der Waals surface area (Å²) >= 11 is 5.94. The van der Waals surface area contributed by atoms with E-state index in [4.69, 9.17) is 21.1 Å². The first kappa shape index (κ1) is 17.6. The minimum absolute atomic E-state index is 0.268. The summed E-state index contributed by atoms with van der Waals surface area (Å²) in [4.78, 5) is 24.2. The van der Waals surface area contributed by atoms with Crippen LogP contribution in [-0.4, -0.2) is 25.5 Å². The van der Waals surface area contributed by atoms with Crippen LogP contribution >= 0.6 is 11.6 Å². The Morgan fingerprint density at radius 1 is 1.04 bits per heavy atom. The van der Waals surface area contributed by atoms with Crippen LogP contribution in [0.3, 0.4) is 0 Å². The zero-order chi connectivity index (χ0) is 17.5. The van der Waals surface area contributed by atoms with Crippen LogP contribution in [0, 0.1) is 0 Å². The number of methoxy groups -OCH3 is 1. The van der Waals surface area contributed by atoms with Crippen LogP contribution in [0.2, 0.25) is 5.02 Å². The third-order valence-corrected chi connectivity index (χ3v) is 3.46. The number of rotatable bonds is 5. The van der Waals surface area contributed by atoms with Gasteiger partial charge in [0.15, 0.2) is 11.5 Å². The quantitative estimate of drug-likeness (QED) is 0.815. The summed E-state index contributed by atoms with van der Waals surface area (Å²) in [7, 11) is 1.52. The van der Waals surface area contributed by atoms with Crippen molar-refractivity contribution in [2.45, 2.75) is 6.92 Å². The van der Waals surface area contributed by atoms with E-state index in [1.165, 1.54) is 7.11 Å². The van der Waals surface area contributed by atoms with E-state index < -0.39 is 11.8 Å². The summed E-state index contributed by atoms with van der Waals surface area (Å²) < 4.78 is 10.6.